The van der Waals surface area contributed by atoms with Gasteiger partial charge in [-0.15, -0.1) is 0 Å². The summed E-state index contributed by atoms with van der Waals surface area (Å²) >= 11 is 0. The molecule has 2 aromatic rings. The molecule has 0 fully saturated rings. The Balaban J connectivity index is 1.79. The van der Waals surface area contributed by atoms with Gasteiger partial charge in [0.15, 0.2) is 0 Å². The summed E-state index contributed by atoms with van der Waals surface area (Å²) in [5.41, 5.74) is 3.50. The highest BCUT2D eigenvalue weighted by Crippen LogP contribution is 2.29. The van der Waals surface area contributed by atoms with Crippen molar-refractivity contribution in [3.63, 3.8) is 0 Å². The van der Waals surface area contributed by atoms with E-state index in [-0.39, 0.29) is 5.76 Å². The fourth-order valence-electron chi connectivity index (χ4n) is 3.51. The molecule has 1 aromatic heterocycles. The summed E-state index contributed by atoms with van der Waals surface area (Å²) in [6, 6.07) is 6.03. The summed E-state index contributed by atoms with van der Waals surface area (Å²) in [4.78, 5) is 9.82. The monoisotopic (exact) mass is 340 g/mol. The third kappa shape index (κ3) is 3.55. The van der Waals surface area contributed by atoms with Crippen LogP contribution < -0.4 is 0 Å². The third-order valence-electron chi connectivity index (χ3n) is 5.08. The number of nitrogens with zero attached hydrogens (tertiary/aromatic N) is 2. The third-order valence-corrected chi connectivity index (χ3v) is 5.08. The first-order valence-corrected chi connectivity index (χ1v) is 9.26. The van der Waals surface area contributed by atoms with Crippen LogP contribution in [0, 0.1) is 18.3 Å². The second-order valence-electron chi connectivity index (χ2n) is 7.07. The van der Waals surface area contributed by atoms with Crippen LogP contribution >= 0.6 is 0 Å². The summed E-state index contributed by atoms with van der Waals surface area (Å²) in [6.45, 7) is 7.68. The highest BCUT2D eigenvalue weighted by Gasteiger charge is 2.31. The number of imidazole rings is 1. The minimum Gasteiger partial charge on any atom is -0.510 e. The number of rotatable bonds is 7. The Bertz CT molecular complexity index is 805. The van der Waals surface area contributed by atoms with Crippen molar-refractivity contribution in [1.82, 2.24) is 14.9 Å². The van der Waals surface area contributed by atoms with E-state index < -0.39 is 0 Å². The number of nitrogens with one attached hydrogen (secondary N) is 2. The number of hydrogen-bond donors (Lipinski definition) is 3. The number of benzene rings is 1. The number of aromatic amines is 1. The van der Waals surface area contributed by atoms with Crippen molar-refractivity contribution in [2.45, 2.75) is 46.5 Å². The number of fused-ring (bicyclic) bond motifs is 1. The maximum atomic E-state index is 10.5. The van der Waals surface area contributed by atoms with E-state index in [1.54, 1.807) is 0 Å². The zero-order valence-electron chi connectivity index (χ0n) is 15.4. The van der Waals surface area contributed by atoms with Crippen molar-refractivity contribution in [2.24, 2.45) is 5.92 Å². The van der Waals surface area contributed by atoms with Crippen LogP contribution in [-0.2, 0) is 0 Å². The molecule has 2 heterocycles. The Morgan fingerprint density at radius 1 is 1.36 bits per heavy atom. The molecule has 134 valence electrons. The topological polar surface area (TPSA) is 76.0 Å². The van der Waals surface area contributed by atoms with Crippen molar-refractivity contribution in [3.05, 3.63) is 35.3 Å². The Labute approximate surface area is 149 Å². The SMILES string of the molecule is CCCCC(CC)CN1CC(O)=C(c2nc3ccc(C)cc3[nH]2)C1=N. The molecule has 0 saturated heterocycles. The second kappa shape index (κ2) is 7.30. The summed E-state index contributed by atoms with van der Waals surface area (Å²) in [5.74, 6) is 1.77. The van der Waals surface area contributed by atoms with E-state index in [4.69, 9.17) is 5.41 Å². The molecular weight excluding hydrogens is 312 g/mol. The van der Waals surface area contributed by atoms with E-state index in [1.807, 2.05) is 30.0 Å². The van der Waals surface area contributed by atoms with Crippen molar-refractivity contribution in [2.75, 3.05) is 13.1 Å². The Hall–Kier alpha value is -2.30. The predicted octanol–water partition coefficient (Wildman–Crippen LogP) is 4.65. The average Bonchev–Trinajstić information content (AvgIpc) is 3.11. The van der Waals surface area contributed by atoms with Gasteiger partial charge in [-0.3, -0.25) is 5.41 Å². The molecule has 25 heavy (non-hydrogen) atoms. The lowest BCUT2D eigenvalue weighted by Crippen LogP contribution is -2.32. The van der Waals surface area contributed by atoms with E-state index in [1.165, 1.54) is 19.3 Å². The zero-order chi connectivity index (χ0) is 18.0. The first-order valence-electron chi connectivity index (χ1n) is 9.26. The van der Waals surface area contributed by atoms with E-state index in [9.17, 15) is 5.11 Å². The van der Waals surface area contributed by atoms with E-state index in [0.29, 0.717) is 29.7 Å². The second-order valence-corrected chi connectivity index (χ2v) is 7.07. The number of hydrogen-bond acceptors (Lipinski definition) is 3. The van der Waals surface area contributed by atoms with Crippen LogP contribution in [0.25, 0.3) is 16.6 Å². The largest absolute Gasteiger partial charge is 0.510 e. The van der Waals surface area contributed by atoms with Gasteiger partial charge in [0.25, 0.3) is 0 Å². The van der Waals surface area contributed by atoms with Crippen LogP contribution in [-0.4, -0.2) is 38.9 Å². The number of aliphatic hydroxyl groups excluding tert-OH is 1. The lowest BCUT2D eigenvalue weighted by atomic mass is 9.99. The maximum Gasteiger partial charge on any atom is 0.145 e. The fraction of sp³-hybridized carbons (Fsp3) is 0.500. The molecule has 0 amide bonds. The molecule has 3 rings (SSSR count). The van der Waals surface area contributed by atoms with Crippen molar-refractivity contribution in [1.29, 1.82) is 5.41 Å². The molecule has 0 saturated carbocycles. The van der Waals surface area contributed by atoms with Gasteiger partial charge in [-0.25, -0.2) is 4.98 Å². The number of amidine groups is 1. The minimum absolute atomic E-state index is 0.242. The summed E-state index contributed by atoms with van der Waals surface area (Å²) in [6.07, 6.45) is 4.69. The average molecular weight is 340 g/mol. The predicted molar refractivity (Wildman–Crippen MR) is 103 cm³/mol. The summed E-state index contributed by atoms with van der Waals surface area (Å²) < 4.78 is 0. The van der Waals surface area contributed by atoms with E-state index in [0.717, 1.165) is 29.6 Å². The Morgan fingerprint density at radius 2 is 2.16 bits per heavy atom. The lowest BCUT2D eigenvalue weighted by molar-refractivity contribution is 0.298. The van der Waals surface area contributed by atoms with Crippen LogP contribution in [0.1, 0.15) is 50.9 Å². The molecule has 5 heteroatoms. The molecule has 1 unspecified atom stereocenters. The lowest BCUT2D eigenvalue weighted by Gasteiger charge is -2.24. The number of aliphatic hydroxyl groups is 1. The molecule has 1 aliphatic rings. The number of H-pyrrole nitrogens is 1. The van der Waals surface area contributed by atoms with Gasteiger partial charge in [-0.2, -0.15) is 0 Å². The summed E-state index contributed by atoms with van der Waals surface area (Å²) in [5, 5.41) is 19.0. The van der Waals surface area contributed by atoms with Crippen LogP contribution in [0.3, 0.4) is 0 Å². The Kier molecular flexibility index (Phi) is 5.11. The molecule has 1 aromatic carbocycles. The van der Waals surface area contributed by atoms with Crippen molar-refractivity contribution in [3.8, 4) is 0 Å². The van der Waals surface area contributed by atoms with Gasteiger partial charge in [-0.05, 0) is 37.0 Å². The smallest absolute Gasteiger partial charge is 0.145 e. The van der Waals surface area contributed by atoms with E-state index >= 15 is 0 Å². The van der Waals surface area contributed by atoms with Gasteiger partial charge in [-0.1, -0.05) is 39.2 Å². The van der Waals surface area contributed by atoms with Crippen molar-refractivity contribution < 1.29 is 5.11 Å². The highest BCUT2D eigenvalue weighted by molar-refractivity contribution is 6.23. The molecule has 0 spiro atoms. The Morgan fingerprint density at radius 3 is 2.88 bits per heavy atom. The van der Waals surface area contributed by atoms with Gasteiger partial charge >= 0.3 is 0 Å². The molecule has 3 N–H and O–H groups in total. The standard InChI is InChI=1S/C20H28N4O/c1-4-6-7-14(5-2)11-24-12-17(25)18(19(24)21)20-22-15-9-8-13(3)10-16(15)23-20/h8-10,14,21,25H,4-7,11-12H2,1-3H3,(H,22,23). The molecule has 1 atom stereocenters. The number of aromatic nitrogens is 2. The van der Waals surface area contributed by atoms with Gasteiger partial charge in [0.2, 0.25) is 0 Å². The molecule has 0 radical (unpaired) electrons. The maximum absolute atomic E-state index is 10.5. The molecule has 0 bridgehead atoms. The fourth-order valence-corrected chi connectivity index (χ4v) is 3.51. The van der Waals surface area contributed by atoms with Crippen LogP contribution in [0.5, 0.6) is 0 Å². The van der Waals surface area contributed by atoms with Crippen LogP contribution in [0.2, 0.25) is 0 Å². The van der Waals surface area contributed by atoms with Gasteiger partial charge in [0.05, 0.1) is 23.2 Å². The summed E-state index contributed by atoms with van der Waals surface area (Å²) in [7, 11) is 0. The number of unbranched alkanes of at least 4 members (excludes halogenated alkanes) is 1. The molecule has 1 aliphatic heterocycles. The first-order chi connectivity index (χ1) is 12.0. The normalized spacial score (nSPS) is 16.3. The van der Waals surface area contributed by atoms with Crippen LogP contribution in [0.15, 0.2) is 24.0 Å². The highest BCUT2D eigenvalue weighted by atomic mass is 16.3. The number of aryl methyl sites for hydroxylation is 1. The first kappa shape index (κ1) is 17.5. The minimum atomic E-state index is 0.242. The quantitative estimate of drug-likeness (QED) is 0.686. The van der Waals surface area contributed by atoms with Crippen molar-refractivity contribution >= 4 is 22.4 Å². The van der Waals surface area contributed by atoms with Gasteiger partial charge in [0, 0.05) is 6.54 Å². The van der Waals surface area contributed by atoms with E-state index in [2.05, 4.69) is 23.8 Å². The molecule has 0 aliphatic carbocycles. The van der Waals surface area contributed by atoms with Crippen LogP contribution in [0.4, 0.5) is 0 Å². The van der Waals surface area contributed by atoms with Gasteiger partial charge in [0.1, 0.15) is 17.4 Å². The van der Waals surface area contributed by atoms with Gasteiger partial charge < -0.3 is 15.0 Å². The molecular formula is C20H28N4O. The molecule has 5 nitrogen and oxygen atoms in total. The zero-order valence-corrected chi connectivity index (χ0v) is 15.4.